The van der Waals surface area contributed by atoms with Crippen LogP contribution in [-0.4, -0.2) is 33.3 Å². The predicted octanol–water partition coefficient (Wildman–Crippen LogP) is 5.41. The number of carbonyl (C=O) groups is 2. The lowest BCUT2D eigenvalue weighted by Gasteiger charge is -2.16. The minimum atomic E-state index is -1.05. The number of rotatable bonds is 9. The summed E-state index contributed by atoms with van der Waals surface area (Å²) in [4.78, 5) is 42.5. The summed E-state index contributed by atoms with van der Waals surface area (Å²) in [5, 5.41) is 4.29. The highest BCUT2D eigenvalue weighted by atomic mass is 35.5. The van der Waals surface area contributed by atoms with Gasteiger partial charge in [0.1, 0.15) is 0 Å². The van der Waals surface area contributed by atoms with Crippen LogP contribution in [0.3, 0.4) is 0 Å². The molecule has 3 aromatic rings. The normalized spacial score (nSPS) is 12.1. The predicted molar refractivity (Wildman–Crippen MR) is 137 cm³/mol. The Hall–Kier alpha value is -2.55. The van der Waals surface area contributed by atoms with Gasteiger partial charge in [0.2, 0.25) is 0 Å². The minimum absolute atomic E-state index is 0.105. The molecular weight excluding hydrogens is 497 g/mol. The van der Waals surface area contributed by atoms with E-state index in [2.05, 4.69) is 24.1 Å². The summed E-state index contributed by atoms with van der Waals surface area (Å²) in [6.45, 7) is 6.11. The maximum absolute atomic E-state index is 13.0. The van der Waals surface area contributed by atoms with Gasteiger partial charge in [-0.25, -0.2) is 4.98 Å². The van der Waals surface area contributed by atoms with Gasteiger partial charge in [0.15, 0.2) is 11.3 Å². The average Bonchev–Trinajstić information content (AvgIpc) is 2.78. The summed E-state index contributed by atoms with van der Waals surface area (Å²) in [5.74, 6) is -0.839. The lowest BCUT2D eigenvalue weighted by atomic mass is 10.1. The number of thioether (sulfide) groups is 1. The molecule has 10 heteroatoms. The molecule has 0 spiro atoms. The maximum atomic E-state index is 13.0. The molecule has 180 valence electrons. The van der Waals surface area contributed by atoms with Crippen molar-refractivity contribution in [3.05, 3.63) is 62.9 Å². The summed E-state index contributed by atoms with van der Waals surface area (Å²) >= 11 is 13.0. The van der Waals surface area contributed by atoms with E-state index in [1.54, 1.807) is 34.9 Å². The highest BCUT2D eigenvalue weighted by molar-refractivity contribution is 7.99. The second-order valence-corrected chi connectivity index (χ2v) is 9.87. The molecule has 0 aliphatic carbocycles. The number of fused-ring (bicyclic) bond motifs is 1. The highest BCUT2D eigenvalue weighted by Crippen LogP contribution is 2.25. The minimum Gasteiger partial charge on any atom is -0.452 e. The molecule has 0 bridgehead atoms. The van der Waals surface area contributed by atoms with Crippen LogP contribution in [0.25, 0.3) is 10.9 Å². The lowest BCUT2D eigenvalue weighted by molar-refractivity contribution is -0.150. The van der Waals surface area contributed by atoms with Crippen molar-refractivity contribution in [2.45, 2.75) is 45.0 Å². The molecule has 1 amide bonds. The molecule has 1 heterocycles. The first-order valence-electron chi connectivity index (χ1n) is 10.7. The Bertz CT molecular complexity index is 1260. The van der Waals surface area contributed by atoms with Crippen LogP contribution in [0.2, 0.25) is 10.0 Å². The van der Waals surface area contributed by atoms with Crippen LogP contribution in [-0.2, 0) is 20.9 Å². The van der Waals surface area contributed by atoms with E-state index in [0.717, 1.165) is 18.2 Å². The van der Waals surface area contributed by atoms with E-state index in [-0.39, 0.29) is 16.3 Å². The zero-order valence-electron chi connectivity index (χ0n) is 19.0. The van der Waals surface area contributed by atoms with Crippen molar-refractivity contribution < 1.29 is 14.3 Å². The smallest absolute Gasteiger partial charge is 0.317 e. The molecule has 1 N–H and O–H groups in total. The first-order chi connectivity index (χ1) is 16.2. The van der Waals surface area contributed by atoms with Gasteiger partial charge in [-0.05, 0) is 49.6 Å². The summed E-state index contributed by atoms with van der Waals surface area (Å²) in [6.07, 6.45) is -0.255. The van der Waals surface area contributed by atoms with E-state index in [1.165, 1.54) is 13.0 Å². The second kappa shape index (κ2) is 11.7. The largest absolute Gasteiger partial charge is 0.452 e. The molecule has 0 fully saturated rings. The van der Waals surface area contributed by atoms with Gasteiger partial charge in [-0.3, -0.25) is 19.0 Å². The fourth-order valence-electron chi connectivity index (χ4n) is 3.08. The number of nitrogens with one attached hydrogen (secondary N) is 1. The van der Waals surface area contributed by atoms with E-state index in [0.29, 0.717) is 39.2 Å². The summed E-state index contributed by atoms with van der Waals surface area (Å²) in [7, 11) is 0. The number of esters is 1. The fraction of sp³-hybridized carbons (Fsp3) is 0.333. The molecule has 34 heavy (non-hydrogen) atoms. The number of amides is 1. The molecule has 1 aromatic heterocycles. The Morgan fingerprint density at radius 2 is 1.88 bits per heavy atom. The number of ether oxygens (including phenoxy) is 1. The lowest BCUT2D eigenvalue weighted by Crippen LogP contribution is -2.31. The summed E-state index contributed by atoms with van der Waals surface area (Å²) in [5.41, 5.74) is 0.786. The molecule has 0 saturated carbocycles. The summed E-state index contributed by atoms with van der Waals surface area (Å²) < 4.78 is 6.87. The average molecular weight is 522 g/mol. The van der Waals surface area contributed by atoms with Crippen molar-refractivity contribution in [3.63, 3.8) is 0 Å². The summed E-state index contributed by atoms with van der Waals surface area (Å²) in [6, 6.07) is 11.8. The Morgan fingerprint density at radius 3 is 2.59 bits per heavy atom. The highest BCUT2D eigenvalue weighted by Gasteiger charge is 2.20. The molecule has 2 aromatic carbocycles. The first kappa shape index (κ1) is 26.1. The SMILES string of the molecule is CC(C)CCn1c(SCC(=O)OC(C)C(=O)Nc2ccc(Cl)cc2Cl)nc2ccccc2c1=O. The van der Waals surface area contributed by atoms with E-state index in [9.17, 15) is 14.4 Å². The Balaban J connectivity index is 1.67. The topological polar surface area (TPSA) is 90.3 Å². The van der Waals surface area contributed by atoms with E-state index in [4.69, 9.17) is 27.9 Å². The number of para-hydroxylation sites is 1. The number of halogens is 2. The Kier molecular flexibility index (Phi) is 8.99. The number of aromatic nitrogens is 2. The van der Waals surface area contributed by atoms with E-state index in [1.807, 2.05) is 6.07 Å². The van der Waals surface area contributed by atoms with Gasteiger partial charge in [0.05, 0.1) is 27.4 Å². The van der Waals surface area contributed by atoms with Crippen molar-refractivity contribution >= 4 is 63.4 Å². The number of hydrogen-bond acceptors (Lipinski definition) is 6. The van der Waals surface area contributed by atoms with Gasteiger partial charge in [-0.2, -0.15) is 0 Å². The molecule has 0 saturated heterocycles. The van der Waals surface area contributed by atoms with Crippen molar-refractivity contribution in [1.82, 2.24) is 9.55 Å². The third-order valence-electron chi connectivity index (χ3n) is 4.94. The van der Waals surface area contributed by atoms with Gasteiger partial charge in [0.25, 0.3) is 11.5 Å². The van der Waals surface area contributed by atoms with Gasteiger partial charge in [-0.1, -0.05) is 60.9 Å². The molecule has 0 aliphatic rings. The monoisotopic (exact) mass is 521 g/mol. The van der Waals surface area contributed by atoms with Crippen LogP contribution in [0.4, 0.5) is 5.69 Å². The standard InChI is InChI=1S/C24H25Cl2N3O4S/c1-14(2)10-11-29-23(32)17-6-4-5-7-19(17)28-24(29)34-13-21(30)33-15(3)22(31)27-20-9-8-16(25)12-18(20)26/h4-9,12,14-15H,10-11,13H2,1-3H3,(H,27,31). The number of hydrogen-bond donors (Lipinski definition) is 1. The molecule has 1 atom stereocenters. The van der Waals surface area contributed by atoms with Gasteiger partial charge in [0, 0.05) is 11.6 Å². The van der Waals surface area contributed by atoms with Crippen LogP contribution in [0, 0.1) is 5.92 Å². The fourth-order valence-corrected chi connectivity index (χ4v) is 4.34. The second-order valence-electron chi connectivity index (χ2n) is 8.09. The van der Waals surface area contributed by atoms with Crippen LogP contribution in [0.1, 0.15) is 27.2 Å². The third-order valence-corrected chi connectivity index (χ3v) is 6.44. The van der Waals surface area contributed by atoms with Gasteiger partial charge in [-0.15, -0.1) is 0 Å². The van der Waals surface area contributed by atoms with Gasteiger partial charge < -0.3 is 10.1 Å². The molecule has 0 radical (unpaired) electrons. The van der Waals surface area contributed by atoms with Crippen LogP contribution >= 0.6 is 35.0 Å². The zero-order chi connectivity index (χ0) is 24.8. The molecule has 0 aliphatic heterocycles. The van der Waals surface area contributed by atoms with Crippen molar-refractivity contribution in [2.75, 3.05) is 11.1 Å². The quantitative estimate of drug-likeness (QED) is 0.230. The van der Waals surface area contributed by atoms with Crippen molar-refractivity contribution in [1.29, 1.82) is 0 Å². The molecule has 1 unspecified atom stereocenters. The number of nitrogens with zero attached hydrogens (tertiary/aromatic N) is 2. The molecule has 3 rings (SSSR count). The van der Waals surface area contributed by atoms with Crippen molar-refractivity contribution in [2.24, 2.45) is 5.92 Å². The molecule has 7 nitrogen and oxygen atoms in total. The zero-order valence-corrected chi connectivity index (χ0v) is 21.3. The van der Waals surface area contributed by atoms with E-state index >= 15 is 0 Å². The first-order valence-corrected chi connectivity index (χ1v) is 12.5. The van der Waals surface area contributed by atoms with Crippen LogP contribution in [0.15, 0.2) is 52.4 Å². The van der Waals surface area contributed by atoms with Crippen LogP contribution in [0.5, 0.6) is 0 Å². The van der Waals surface area contributed by atoms with Crippen LogP contribution < -0.4 is 10.9 Å². The Labute approximate surface area is 211 Å². The Morgan fingerprint density at radius 1 is 1.15 bits per heavy atom. The van der Waals surface area contributed by atoms with Crippen molar-refractivity contribution in [3.8, 4) is 0 Å². The third kappa shape index (κ3) is 6.74. The maximum Gasteiger partial charge on any atom is 0.317 e. The van der Waals surface area contributed by atoms with Gasteiger partial charge >= 0.3 is 5.97 Å². The number of anilines is 1. The number of benzene rings is 2. The van der Waals surface area contributed by atoms with E-state index < -0.39 is 18.0 Å². The number of carbonyl (C=O) groups excluding carboxylic acids is 2. The molecular formula is C24H25Cl2N3O4S.